The van der Waals surface area contributed by atoms with Crippen LogP contribution < -0.4 is 16.0 Å². The van der Waals surface area contributed by atoms with Gasteiger partial charge in [0.1, 0.15) is 24.7 Å². The normalized spacial score (nSPS) is 13.0. The first-order chi connectivity index (χ1) is 19.5. The van der Waals surface area contributed by atoms with Gasteiger partial charge in [0.2, 0.25) is 11.8 Å². The van der Waals surface area contributed by atoms with E-state index in [1.807, 2.05) is 64.1 Å². The van der Waals surface area contributed by atoms with E-state index in [1.54, 1.807) is 24.3 Å². The first kappa shape index (κ1) is 33.0. The first-order valence-electron chi connectivity index (χ1n) is 13.7. The van der Waals surface area contributed by atoms with Gasteiger partial charge in [-0.3, -0.25) is 14.4 Å². The predicted octanol–water partition coefficient (Wildman–Crippen LogP) is 3.33. The molecular weight excluding hydrogens is 526 g/mol. The Balaban J connectivity index is 2.16. The molecule has 0 unspecified atom stereocenters. The van der Waals surface area contributed by atoms with Crippen LogP contribution in [0.2, 0.25) is 0 Å². The molecule has 0 aliphatic rings. The summed E-state index contributed by atoms with van der Waals surface area (Å²) in [4.78, 5) is 64.1. The van der Waals surface area contributed by atoms with Crippen molar-refractivity contribution in [3.05, 3.63) is 71.8 Å². The minimum atomic E-state index is -1.19. The van der Waals surface area contributed by atoms with E-state index in [-0.39, 0.29) is 31.3 Å². The van der Waals surface area contributed by atoms with Gasteiger partial charge in [-0.05, 0) is 35.8 Å². The Morgan fingerprint density at radius 3 is 1.61 bits per heavy atom. The number of amides is 3. The van der Waals surface area contributed by atoms with E-state index in [4.69, 9.17) is 4.74 Å². The molecule has 0 fully saturated rings. The van der Waals surface area contributed by atoms with Gasteiger partial charge in [-0.15, -0.1) is 0 Å². The Morgan fingerprint density at radius 1 is 0.659 bits per heavy atom. The number of hydrogen-bond donors (Lipinski definition) is 3. The van der Waals surface area contributed by atoms with Gasteiger partial charge in [0, 0.05) is 6.42 Å². The second-order valence-electron chi connectivity index (χ2n) is 10.7. The van der Waals surface area contributed by atoms with Crippen LogP contribution in [-0.2, 0) is 41.7 Å². The average Bonchev–Trinajstić information content (AvgIpc) is 2.94. The molecule has 0 saturated carbocycles. The van der Waals surface area contributed by atoms with Crippen molar-refractivity contribution in [1.29, 1.82) is 0 Å². The third-order valence-corrected chi connectivity index (χ3v) is 6.17. The van der Waals surface area contributed by atoms with Crippen molar-refractivity contribution < 1.29 is 33.4 Å². The molecule has 0 bridgehead atoms. The second kappa shape index (κ2) is 16.8. The number of ketones is 1. The fraction of sp³-hybridized carbons (Fsp3) is 0.452. The zero-order chi connectivity index (χ0) is 30.4. The minimum Gasteiger partial charge on any atom is -0.463 e. The lowest BCUT2D eigenvalue weighted by Crippen LogP contribution is -2.57. The highest BCUT2D eigenvalue weighted by atomic mass is 16.5. The average molecular weight is 568 g/mol. The van der Waals surface area contributed by atoms with E-state index in [2.05, 4.69) is 20.7 Å². The molecular formula is C31H41N3O7. The lowest BCUT2D eigenvalue weighted by molar-refractivity contribution is -0.153. The van der Waals surface area contributed by atoms with Gasteiger partial charge < -0.3 is 25.4 Å². The van der Waals surface area contributed by atoms with Crippen LogP contribution in [0.3, 0.4) is 0 Å². The van der Waals surface area contributed by atoms with Gasteiger partial charge >= 0.3 is 12.1 Å². The maximum absolute atomic E-state index is 13.4. The van der Waals surface area contributed by atoms with Crippen molar-refractivity contribution in [2.24, 2.45) is 11.8 Å². The number of methoxy groups -OCH3 is 1. The summed E-state index contributed by atoms with van der Waals surface area (Å²) in [6, 6.07) is 14.9. The molecule has 2 aromatic carbocycles. The number of rotatable bonds is 15. The van der Waals surface area contributed by atoms with Crippen LogP contribution in [0.1, 0.15) is 51.7 Å². The highest BCUT2D eigenvalue weighted by molar-refractivity contribution is 6.36. The molecule has 0 aliphatic carbocycles. The summed E-state index contributed by atoms with van der Waals surface area (Å²) in [5, 5.41) is 7.98. The number of esters is 1. The van der Waals surface area contributed by atoms with Gasteiger partial charge in [0.25, 0.3) is 5.78 Å². The molecule has 3 atom stereocenters. The Hall–Kier alpha value is -4.21. The Morgan fingerprint density at radius 2 is 1.12 bits per heavy atom. The van der Waals surface area contributed by atoms with Crippen LogP contribution >= 0.6 is 0 Å². The molecule has 3 amide bonds. The van der Waals surface area contributed by atoms with Crippen LogP contribution in [0.15, 0.2) is 60.7 Å². The molecule has 3 N–H and O–H groups in total. The maximum atomic E-state index is 13.4. The van der Waals surface area contributed by atoms with Crippen molar-refractivity contribution in [3.8, 4) is 0 Å². The summed E-state index contributed by atoms with van der Waals surface area (Å²) < 4.78 is 9.88. The van der Waals surface area contributed by atoms with Crippen molar-refractivity contribution in [3.63, 3.8) is 0 Å². The van der Waals surface area contributed by atoms with Crippen LogP contribution in [0.5, 0.6) is 0 Å². The smallest absolute Gasteiger partial charge is 0.408 e. The first-order valence-corrected chi connectivity index (χ1v) is 13.7. The summed E-state index contributed by atoms with van der Waals surface area (Å²) in [5.74, 6) is -3.12. The number of benzene rings is 2. The van der Waals surface area contributed by atoms with E-state index < -0.39 is 47.8 Å². The number of carbonyl (C=O) groups excluding carboxylic acids is 5. The predicted molar refractivity (Wildman–Crippen MR) is 153 cm³/mol. The lowest BCUT2D eigenvalue weighted by Gasteiger charge is -2.26. The fourth-order valence-electron chi connectivity index (χ4n) is 4.16. The minimum absolute atomic E-state index is 0.00211. The highest BCUT2D eigenvalue weighted by Crippen LogP contribution is 2.11. The number of ether oxygens (including phenoxy) is 2. The molecule has 0 radical (unpaired) electrons. The second-order valence-corrected chi connectivity index (χ2v) is 10.7. The van der Waals surface area contributed by atoms with Crippen LogP contribution in [0, 0.1) is 11.8 Å². The molecule has 10 nitrogen and oxygen atoms in total. The third kappa shape index (κ3) is 11.8. The van der Waals surface area contributed by atoms with Gasteiger partial charge in [0.05, 0.1) is 7.11 Å². The van der Waals surface area contributed by atoms with E-state index in [1.165, 1.54) is 0 Å². The number of Topliss-reactive ketones (excluding diaryl/α,β-unsaturated/α-hetero) is 1. The summed E-state index contributed by atoms with van der Waals surface area (Å²) in [7, 11) is 1.09. The van der Waals surface area contributed by atoms with Gasteiger partial charge in [-0.1, -0.05) is 88.4 Å². The van der Waals surface area contributed by atoms with Crippen LogP contribution in [-0.4, -0.2) is 54.9 Å². The molecule has 222 valence electrons. The summed E-state index contributed by atoms with van der Waals surface area (Å²) in [6.07, 6.45) is -0.131. The van der Waals surface area contributed by atoms with Gasteiger partial charge in [-0.2, -0.15) is 0 Å². The molecule has 0 heterocycles. The molecule has 0 aliphatic heterocycles. The molecule has 0 aromatic heterocycles. The molecule has 41 heavy (non-hydrogen) atoms. The van der Waals surface area contributed by atoms with Crippen LogP contribution in [0.4, 0.5) is 4.79 Å². The van der Waals surface area contributed by atoms with E-state index in [9.17, 15) is 24.0 Å². The van der Waals surface area contributed by atoms with Crippen molar-refractivity contribution in [2.75, 3.05) is 7.11 Å². The van der Waals surface area contributed by atoms with E-state index >= 15 is 0 Å². The number of hydrogen-bond acceptors (Lipinski definition) is 7. The molecule has 2 rings (SSSR count). The standard InChI is InChI=1S/C31H41N3O7/c1-20(2)16-25(28(36)32-24(27(35)30(38)40-5)18-22-12-8-6-9-13-22)33-29(37)26(17-21(3)4)34-31(39)41-19-23-14-10-7-11-15-23/h6-15,20-21,24-26H,16-19H2,1-5H3,(H,32,36)(H,33,37)(H,34,39)/t24-,25-,26-/m0/s1. The SMILES string of the molecule is COC(=O)C(=O)[C@H](Cc1ccccc1)NC(=O)[C@H](CC(C)C)NC(=O)[C@H](CC(C)C)NC(=O)OCc1ccccc1. The summed E-state index contributed by atoms with van der Waals surface area (Å²) >= 11 is 0. The Bertz CT molecular complexity index is 1150. The van der Waals surface area contributed by atoms with E-state index in [0.717, 1.165) is 18.2 Å². The van der Waals surface area contributed by atoms with Crippen molar-refractivity contribution in [2.45, 2.75) is 71.7 Å². The molecule has 0 saturated heterocycles. The third-order valence-electron chi connectivity index (χ3n) is 6.17. The monoisotopic (exact) mass is 567 g/mol. The van der Waals surface area contributed by atoms with Crippen molar-refractivity contribution >= 4 is 29.7 Å². The summed E-state index contributed by atoms with van der Waals surface area (Å²) in [5.41, 5.74) is 1.53. The van der Waals surface area contributed by atoms with Crippen molar-refractivity contribution in [1.82, 2.24) is 16.0 Å². The topological polar surface area (TPSA) is 140 Å². The Labute approximate surface area is 241 Å². The number of carbonyl (C=O) groups is 5. The molecule has 10 heteroatoms. The quantitative estimate of drug-likeness (QED) is 0.222. The maximum Gasteiger partial charge on any atom is 0.408 e. The zero-order valence-corrected chi connectivity index (χ0v) is 24.3. The number of alkyl carbamates (subject to hydrolysis) is 1. The van der Waals surface area contributed by atoms with Crippen LogP contribution in [0.25, 0.3) is 0 Å². The largest absolute Gasteiger partial charge is 0.463 e. The Kier molecular flexibility index (Phi) is 13.5. The highest BCUT2D eigenvalue weighted by Gasteiger charge is 2.33. The summed E-state index contributed by atoms with van der Waals surface area (Å²) in [6.45, 7) is 7.62. The fourth-order valence-corrected chi connectivity index (χ4v) is 4.16. The van der Waals surface area contributed by atoms with Gasteiger partial charge in [-0.25, -0.2) is 9.59 Å². The number of nitrogens with one attached hydrogen (secondary N) is 3. The molecule has 0 spiro atoms. The van der Waals surface area contributed by atoms with E-state index in [0.29, 0.717) is 6.42 Å². The zero-order valence-electron chi connectivity index (χ0n) is 24.3. The molecule has 2 aromatic rings. The lowest BCUT2D eigenvalue weighted by atomic mass is 9.98. The van der Waals surface area contributed by atoms with Gasteiger partial charge in [0.15, 0.2) is 0 Å².